The van der Waals surface area contributed by atoms with Crippen molar-refractivity contribution in [1.29, 1.82) is 0 Å². The fourth-order valence-corrected chi connectivity index (χ4v) is 3.71. The van der Waals surface area contributed by atoms with Crippen molar-refractivity contribution in [3.63, 3.8) is 0 Å². The molecular weight excluding hydrogens is 316 g/mol. The maximum absolute atomic E-state index is 12.2. The number of fused-ring (bicyclic) bond motifs is 2. The predicted molar refractivity (Wildman–Crippen MR) is 84.9 cm³/mol. The predicted octanol–water partition coefficient (Wildman–Crippen LogP) is 3.02. The Bertz CT molecular complexity index is 782. The Morgan fingerprint density at radius 1 is 1.26 bits per heavy atom. The van der Waals surface area contributed by atoms with Crippen LogP contribution in [-0.2, 0) is 9.53 Å². The third-order valence-corrected chi connectivity index (χ3v) is 5.16. The molecule has 6 nitrogen and oxygen atoms in total. The first kappa shape index (κ1) is 14.9. The van der Waals surface area contributed by atoms with Crippen LogP contribution in [0.2, 0.25) is 5.15 Å². The van der Waals surface area contributed by atoms with Crippen LogP contribution in [0.5, 0.6) is 0 Å². The summed E-state index contributed by atoms with van der Waals surface area (Å²) in [6.45, 7) is 5.65. The second-order valence-electron chi connectivity index (χ2n) is 7.55. The number of aromatic nitrogens is 4. The van der Waals surface area contributed by atoms with Crippen molar-refractivity contribution in [2.75, 3.05) is 0 Å². The van der Waals surface area contributed by atoms with Gasteiger partial charge in [-0.05, 0) is 33.1 Å². The highest BCUT2D eigenvalue weighted by atomic mass is 35.5. The summed E-state index contributed by atoms with van der Waals surface area (Å²) in [4.78, 5) is 24.8. The molecule has 0 spiro atoms. The van der Waals surface area contributed by atoms with Crippen molar-refractivity contribution in [2.45, 2.75) is 45.8 Å². The first-order valence-corrected chi connectivity index (χ1v) is 8.28. The van der Waals surface area contributed by atoms with E-state index in [4.69, 9.17) is 16.3 Å². The van der Waals surface area contributed by atoms with Crippen LogP contribution in [0.1, 0.15) is 39.7 Å². The molecule has 4 rings (SSSR count). The first-order valence-electron chi connectivity index (χ1n) is 7.90. The summed E-state index contributed by atoms with van der Waals surface area (Å²) in [5.41, 5.74) is 0.912. The van der Waals surface area contributed by atoms with Gasteiger partial charge in [-0.3, -0.25) is 4.79 Å². The number of rotatable bonds is 2. The average Bonchev–Trinajstić information content (AvgIpc) is 3.02. The second kappa shape index (κ2) is 4.90. The van der Waals surface area contributed by atoms with E-state index in [-0.39, 0.29) is 18.1 Å². The molecule has 0 bridgehead atoms. The molecule has 2 aromatic heterocycles. The molecule has 0 saturated heterocycles. The highest BCUT2D eigenvalue weighted by Crippen LogP contribution is 2.59. The van der Waals surface area contributed by atoms with Gasteiger partial charge in [0, 0.05) is 18.4 Å². The third kappa shape index (κ3) is 2.40. The van der Waals surface area contributed by atoms with Crippen molar-refractivity contribution in [3.8, 4) is 0 Å². The first-order chi connectivity index (χ1) is 10.9. The lowest BCUT2D eigenvalue weighted by atomic mass is 9.97. The molecule has 0 aliphatic heterocycles. The van der Waals surface area contributed by atoms with Crippen molar-refractivity contribution >= 4 is 28.7 Å². The largest absolute Gasteiger partial charge is 0.462 e. The standard InChI is InChI=1S/C16H19ClN4O2/c1-16(2,3)15(22)23-11-5-10(8-4-9(8)11)21-7-20-12-13(17)18-6-19-14(12)21/h6-11H,4-5H2,1-3H3/t8-,9+,10-,11+/m0/s1. The quantitative estimate of drug-likeness (QED) is 0.623. The van der Waals surface area contributed by atoms with Gasteiger partial charge in [-0.2, -0.15) is 0 Å². The van der Waals surface area contributed by atoms with Gasteiger partial charge >= 0.3 is 5.97 Å². The lowest BCUT2D eigenvalue weighted by Crippen LogP contribution is -2.28. The lowest BCUT2D eigenvalue weighted by Gasteiger charge is -2.23. The Labute approximate surface area is 139 Å². The van der Waals surface area contributed by atoms with E-state index in [0.29, 0.717) is 22.5 Å². The Balaban J connectivity index is 1.58. The average molecular weight is 335 g/mol. The molecule has 4 atom stereocenters. The Morgan fingerprint density at radius 3 is 2.78 bits per heavy atom. The van der Waals surface area contributed by atoms with E-state index in [0.717, 1.165) is 18.5 Å². The minimum atomic E-state index is -0.467. The molecule has 7 heteroatoms. The molecule has 122 valence electrons. The normalized spacial score (nSPS) is 29.6. The SMILES string of the molecule is CC(C)(C)C(=O)O[C@@H]1C[C@H](n2cnc3c(Cl)ncnc32)[C@H]2C[C@H]21. The summed E-state index contributed by atoms with van der Waals surface area (Å²) in [6.07, 6.45) is 5.13. The highest BCUT2D eigenvalue weighted by molar-refractivity contribution is 6.33. The van der Waals surface area contributed by atoms with Crippen LogP contribution < -0.4 is 0 Å². The van der Waals surface area contributed by atoms with Gasteiger partial charge in [-0.25, -0.2) is 15.0 Å². The molecule has 0 radical (unpaired) electrons. The smallest absolute Gasteiger partial charge is 0.311 e. The molecule has 2 aliphatic carbocycles. The number of imidazole rings is 1. The Kier molecular flexibility index (Phi) is 3.17. The third-order valence-electron chi connectivity index (χ3n) is 4.88. The fraction of sp³-hybridized carbons (Fsp3) is 0.625. The monoisotopic (exact) mass is 334 g/mol. The molecule has 2 aromatic rings. The van der Waals surface area contributed by atoms with Gasteiger partial charge in [-0.15, -0.1) is 0 Å². The number of halogens is 1. The molecule has 0 N–H and O–H groups in total. The zero-order valence-corrected chi connectivity index (χ0v) is 14.1. The van der Waals surface area contributed by atoms with Crippen LogP contribution in [-0.4, -0.2) is 31.6 Å². The van der Waals surface area contributed by atoms with Crippen LogP contribution in [0, 0.1) is 17.3 Å². The molecule has 2 fully saturated rings. The zero-order chi connectivity index (χ0) is 16.4. The van der Waals surface area contributed by atoms with Gasteiger partial charge in [0.15, 0.2) is 10.8 Å². The maximum atomic E-state index is 12.2. The van der Waals surface area contributed by atoms with Gasteiger partial charge in [0.2, 0.25) is 0 Å². The highest BCUT2D eigenvalue weighted by Gasteiger charge is 2.57. The molecule has 2 heterocycles. The van der Waals surface area contributed by atoms with Crippen LogP contribution >= 0.6 is 11.6 Å². The number of carbonyl (C=O) groups is 1. The van der Waals surface area contributed by atoms with Crippen molar-refractivity contribution in [2.24, 2.45) is 17.3 Å². The molecule has 2 saturated carbocycles. The van der Waals surface area contributed by atoms with E-state index < -0.39 is 5.41 Å². The number of esters is 1. The summed E-state index contributed by atoms with van der Waals surface area (Å²) in [6, 6.07) is 0.258. The maximum Gasteiger partial charge on any atom is 0.311 e. The number of hydrogen-bond acceptors (Lipinski definition) is 5. The van der Waals surface area contributed by atoms with Gasteiger partial charge < -0.3 is 9.30 Å². The Morgan fingerprint density at radius 2 is 2.04 bits per heavy atom. The van der Waals surface area contributed by atoms with Crippen LogP contribution in [0.4, 0.5) is 0 Å². The lowest BCUT2D eigenvalue weighted by molar-refractivity contribution is -0.159. The van der Waals surface area contributed by atoms with E-state index >= 15 is 0 Å². The van der Waals surface area contributed by atoms with Gasteiger partial charge in [0.05, 0.1) is 11.7 Å². The number of hydrogen-bond donors (Lipinski definition) is 0. The molecule has 0 unspecified atom stereocenters. The number of carbonyl (C=O) groups excluding carboxylic acids is 1. The van der Waals surface area contributed by atoms with E-state index in [9.17, 15) is 4.79 Å². The van der Waals surface area contributed by atoms with Crippen molar-refractivity contribution in [1.82, 2.24) is 19.5 Å². The van der Waals surface area contributed by atoms with Crippen LogP contribution in [0.25, 0.3) is 11.2 Å². The summed E-state index contributed by atoms with van der Waals surface area (Å²) >= 11 is 6.08. The van der Waals surface area contributed by atoms with Crippen molar-refractivity contribution < 1.29 is 9.53 Å². The zero-order valence-electron chi connectivity index (χ0n) is 13.4. The minimum Gasteiger partial charge on any atom is -0.462 e. The van der Waals surface area contributed by atoms with Crippen molar-refractivity contribution in [3.05, 3.63) is 17.8 Å². The molecule has 0 amide bonds. The fourth-order valence-electron chi connectivity index (χ4n) is 3.53. The van der Waals surface area contributed by atoms with Crippen LogP contribution in [0.15, 0.2) is 12.7 Å². The summed E-state index contributed by atoms with van der Waals surface area (Å²) in [7, 11) is 0. The van der Waals surface area contributed by atoms with E-state index in [1.807, 2.05) is 20.8 Å². The number of ether oxygens (including phenoxy) is 1. The van der Waals surface area contributed by atoms with E-state index in [1.54, 1.807) is 6.33 Å². The topological polar surface area (TPSA) is 69.9 Å². The van der Waals surface area contributed by atoms with E-state index in [2.05, 4.69) is 19.5 Å². The summed E-state index contributed by atoms with van der Waals surface area (Å²) in [5, 5.41) is 0.370. The molecular formula is C16H19ClN4O2. The minimum absolute atomic E-state index is 0.00789. The van der Waals surface area contributed by atoms with Crippen LogP contribution in [0.3, 0.4) is 0 Å². The molecule has 0 aromatic carbocycles. The van der Waals surface area contributed by atoms with E-state index in [1.165, 1.54) is 6.33 Å². The molecule has 23 heavy (non-hydrogen) atoms. The summed E-state index contributed by atoms with van der Waals surface area (Å²) in [5.74, 6) is 0.856. The Hall–Kier alpha value is -1.69. The van der Waals surface area contributed by atoms with Gasteiger partial charge in [-0.1, -0.05) is 11.6 Å². The second-order valence-corrected chi connectivity index (χ2v) is 7.91. The molecule has 2 aliphatic rings. The number of nitrogens with zero attached hydrogens (tertiary/aromatic N) is 4. The van der Waals surface area contributed by atoms with Gasteiger partial charge in [0.25, 0.3) is 0 Å². The van der Waals surface area contributed by atoms with Gasteiger partial charge in [0.1, 0.15) is 17.9 Å². The summed E-state index contributed by atoms with van der Waals surface area (Å²) < 4.78 is 7.83.